The molecule has 2 fully saturated rings. The molecule has 3 heterocycles. The number of rotatable bonds is 2. The highest BCUT2D eigenvalue weighted by Gasteiger charge is 2.25. The molecule has 0 N–H and O–H groups in total. The molecule has 5 nitrogen and oxygen atoms in total. The van der Waals surface area contributed by atoms with Gasteiger partial charge in [-0.15, -0.1) is 0 Å². The van der Waals surface area contributed by atoms with Gasteiger partial charge in [0.15, 0.2) is 0 Å². The highest BCUT2D eigenvalue weighted by Crippen LogP contribution is 2.19. The Morgan fingerprint density at radius 2 is 1.24 bits per heavy atom. The smallest absolute Gasteiger partial charge is 0.272 e. The van der Waals surface area contributed by atoms with E-state index in [1.54, 1.807) is 21.9 Å². The maximum absolute atomic E-state index is 12.4. The maximum Gasteiger partial charge on any atom is 0.272 e. The summed E-state index contributed by atoms with van der Waals surface area (Å²) in [5.74, 6) is -0.159. The molecule has 3 rings (SSSR count). The molecule has 0 aliphatic carbocycles. The minimum absolute atomic E-state index is 0.0794. The summed E-state index contributed by atoms with van der Waals surface area (Å²) >= 11 is 3.39. The van der Waals surface area contributed by atoms with E-state index in [1.165, 1.54) is 0 Å². The van der Waals surface area contributed by atoms with Gasteiger partial charge in [-0.3, -0.25) is 9.59 Å². The van der Waals surface area contributed by atoms with Gasteiger partial charge in [0.05, 0.1) is 0 Å². The van der Waals surface area contributed by atoms with E-state index in [-0.39, 0.29) is 11.8 Å². The molecular weight excluding hydrogens is 334 g/mol. The van der Waals surface area contributed by atoms with Crippen LogP contribution in [0, 0.1) is 0 Å². The lowest BCUT2D eigenvalue weighted by molar-refractivity contribution is 0.0780. The van der Waals surface area contributed by atoms with E-state index in [1.807, 2.05) is 0 Å². The number of amides is 2. The fraction of sp³-hybridized carbons (Fsp3) is 0.533. The Kier molecular flexibility index (Phi) is 4.24. The molecule has 0 unspecified atom stereocenters. The number of aromatic nitrogens is 1. The van der Waals surface area contributed by atoms with Crippen molar-refractivity contribution in [2.75, 3.05) is 26.2 Å². The Labute approximate surface area is 132 Å². The molecule has 6 heteroatoms. The number of pyridine rings is 1. The fourth-order valence-corrected chi connectivity index (χ4v) is 3.31. The van der Waals surface area contributed by atoms with Crippen molar-refractivity contribution >= 4 is 27.7 Å². The number of nitrogens with zero attached hydrogens (tertiary/aromatic N) is 3. The lowest BCUT2D eigenvalue weighted by Gasteiger charge is -2.17. The second kappa shape index (κ2) is 6.13. The van der Waals surface area contributed by atoms with Crippen LogP contribution >= 0.6 is 15.9 Å². The highest BCUT2D eigenvalue weighted by molar-refractivity contribution is 9.10. The Morgan fingerprint density at radius 3 is 1.62 bits per heavy atom. The third-order valence-electron chi connectivity index (χ3n) is 4.01. The van der Waals surface area contributed by atoms with E-state index in [9.17, 15) is 9.59 Å². The van der Waals surface area contributed by atoms with Gasteiger partial charge in [-0.25, -0.2) is 4.98 Å². The number of halogens is 1. The highest BCUT2D eigenvalue weighted by atomic mass is 79.9. The van der Waals surface area contributed by atoms with E-state index in [0.29, 0.717) is 11.4 Å². The monoisotopic (exact) mass is 351 g/mol. The average Bonchev–Trinajstić information content (AvgIpc) is 3.17. The van der Waals surface area contributed by atoms with Crippen molar-refractivity contribution in [1.82, 2.24) is 14.8 Å². The third-order valence-corrected chi connectivity index (χ3v) is 4.47. The fourth-order valence-electron chi connectivity index (χ4n) is 2.88. The molecule has 0 bridgehead atoms. The topological polar surface area (TPSA) is 53.5 Å². The molecule has 0 aromatic carbocycles. The molecule has 2 aliphatic heterocycles. The summed E-state index contributed by atoms with van der Waals surface area (Å²) in [7, 11) is 0. The molecule has 21 heavy (non-hydrogen) atoms. The van der Waals surface area contributed by atoms with Crippen molar-refractivity contribution in [3.8, 4) is 0 Å². The van der Waals surface area contributed by atoms with Crippen LogP contribution < -0.4 is 0 Å². The number of likely N-dealkylation sites (tertiary alicyclic amines) is 2. The number of hydrogen-bond acceptors (Lipinski definition) is 3. The molecule has 2 amide bonds. The zero-order chi connectivity index (χ0) is 14.8. The summed E-state index contributed by atoms with van der Waals surface area (Å²) in [6.45, 7) is 3.12. The van der Waals surface area contributed by atoms with Crippen LogP contribution in [0.4, 0.5) is 0 Å². The average molecular weight is 352 g/mol. The minimum Gasteiger partial charge on any atom is -0.337 e. The number of hydrogen-bond donors (Lipinski definition) is 0. The van der Waals surface area contributed by atoms with E-state index in [0.717, 1.165) is 56.3 Å². The Hall–Kier alpha value is -1.43. The van der Waals surface area contributed by atoms with Gasteiger partial charge in [-0.1, -0.05) is 15.9 Å². The summed E-state index contributed by atoms with van der Waals surface area (Å²) in [6, 6.07) is 3.39. The lowest BCUT2D eigenvalue weighted by atomic mass is 10.2. The van der Waals surface area contributed by atoms with Crippen LogP contribution in [0.2, 0.25) is 0 Å². The van der Waals surface area contributed by atoms with Gasteiger partial charge in [0.2, 0.25) is 0 Å². The molecule has 0 saturated carbocycles. The summed E-state index contributed by atoms with van der Waals surface area (Å²) in [4.78, 5) is 32.7. The zero-order valence-electron chi connectivity index (χ0n) is 11.8. The summed E-state index contributed by atoms with van der Waals surface area (Å²) < 4.78 is 0.725. The lowest BCUT2D eigenvalue weighted by Crippen LogP contribution is -2.31. The summed E-state index contributed by atoms with van der Waals surface area (Å²) in [6.07, 6.45) is 4.16. The largest absolute Gasteiger partial charge is 0.337 e. The van der Waals surface area contributed by atoms with E-state index < -0.39 is 0 Å². The van der Waals surface area contributed by atoms with E-state index in [4.69, 9.17) is 0 Å². The first-order valence-electron chi connectivity index (χ1n) is 7.41. The molecule has 0 spiro atoms. The molecule has 1 aromatic heterocycles. The van der Waals surface area contributed by atoms with Crippen LogP contribution in [0.1, 0.15) is 46.7 Å². The van der Waals surface area contributed by atoms with Gasteiger partial charge in [0, 0.05) is 30.7 Å². The summed E-state index contributed by atoms with van der Waals surface area (Å²) in [5, 5.41) is 0. The molecule has 0 radical (unpaired) electrons. The zero-order valence-corrected chi connectivity index (χ0v) is 13.4. The normalized spacial score (nSPS) is 18.3. The molecular formula is C15H18BrN3O2. The van der Waals surface area contributed by atoms with Crippen LogP contribution in [0.3, 0.4) is 0 Å². The number of carbonyl (C=O) groups is 2. The molecule has 112 valence electrons. The standard InChI is InChI=1S/C15H18BrN3O2/c16-11-9-12(14(20)18-5-1-2-6-18)17-13(10-11)15(21)19-7-3-4-8-19/h9-10H,1-8H2. The van der Waals surface area contributed by atoms with Gasteiger partial charge < -0.3 is 9.80 Å². The van der Waals surface area contributed by atoms with Gasteiger partial charge in [-0.05, 0) is 37.8 Å². The third kappa shape index (κ3) is 3.10. The Bertz CT molecular complexity index is 518. The predicted molar refractivity (Wildman–Crippen MR) is 82.2 cm³/mol. The van der Waals surface area contributed by atoms with Gasteiger partial charge in [-0.2, -0.15) is 0 Å². The maximum atomic E-state index is 12.4. The van der Waals surface area contributed by atoms with Crippen LogP contribution in [-0.4, -0.2) is 52.8 Å². The minimum atomic E-state index is -0.0794. The van der Waals surface area contributed by atoms with Crippen LogP contribution in [0.15, 0.2) is 16.6 Å². The van der Waals surface area contributed by atoms with Crippen molar-refractivity contribution in [2.24, 2.45) is 0 Å². The van der Waals surface area contributed by atoms with Crippen LogP contribution in [-0.2, 0) is 0 Å². The van der Waals surface area contributed by atoms with Gasteiger partial charge in [0.25, 0.3) is 11.8 Å². The SMILES string of the molecule is O=C(c1cc(Br)cc(C(=O)N2CCCC2)n1)N1CCCC1. The van der Waals surface area contributed by atoms with Crippen molar-refractivity contribution in [2.45, 2.75) is 25.7 Å². The van der Waals surface area contributed by atoms with Crippen molar-refractivity contribution < 1.29 is 9.59 Å². The predicted octanol–water partition coefficient (Wildman–Crippen LogP) is 2.32. The van der Waals surface area contributed by atoms with Gasteiger partial charge in [0.1, 0.15) is 11.4 Å². The van der Waals surface area contributed by atoms with Gasteiger partial charge >= 0.3 is 0 Å². The van der Waals surface area contributed by atoms with Crippen LogP contribution in [0.25, 0.3) is 0 Å². The quantitative estimate of drug-likeness (QED) is 0.821. The first-order chi connectivity index (χ1) is 10.1. The number of carbonyl (C=O) groups excluding carboxylic acids is 2. The molecule has 2 aliphatic rings. The van der Waals surface area contributed by atoms with E-state index in [2.05, 4.69) is 20.9 Å². The van der Waals surface area contributed by atoms with Crippen molar-refractivity contribution in [3.05, 3.63) is 28.0 Å². The Morgan fingerprint density at radius 1 is 0.857 bits per heavy atom. The van der Waals surface area contributed by atoms with Crippen LogP contribution in [0.5, 0.6) is 0 Å². The summed E-state index contributed by atoms with van der Waals surface area (Å²) in [5.41, 5.74) is 0.711. The molecule has 0 atom stereocenters. The second-order valence-electron chi connectivity index (χ2n) is 5.55. The van der Waals surface area contributed by atoms with E-state index >= 15 is 0 Å². The first kappa shape index (κ1) is 14.5. The van der Waals surface area contributed by atoms with Crippen molar-refractivity contribution in [3.63, 3.8) is 0 Å². The first-order valence-corrected chi connectivity index (χ1v) is 8.20. The molecule has 1 aromatic rings. The Balaban J connectivity index is 1.85. The van der Waals surface area contributed by atoms with Crippen molar-refractivity contribution in [1.29, 1.82) is 0 Å². The second-order valence-corrected chi connectivity index (χ2v) is 6.47. The molecule has 2 saturated heterocycles.